The number of carbonyl (C=O) groups excluding carboxylic acids is 1. The van der Waals surface area contributed by atoms with E-state index in [1.54, 1.807) is 0 Å². The second kappa shape index (κ2) is 3.63. The number of fused-ring (bicyclic) bond motifs is 3. The number of H-pyrrole nitrogens is 1. The van der Waals surface area contributed by atoms with Gasteiger partial charge in [-0.25, -0.2) is 0 Å². The summed E-state index contributed by atoms with van der Waals surface area (Å²) < 4.78 is 5.25. The number of ether oxygens (including phenoxy) is 1. The third-order valence-corrected chi connectivity index (χ3v) is 2.78. The Morgan fingerprint density at radius 1 is 1.18 bits per heavy atom. The zero-order valence-corrected chi connectivity index (χ0v) is 9.36. The van der Waals surface area contributed by atoms with Gasteiger partial charge in [-0.2, -0.15) is 0 Å². The van der Waals surface area contributed by atoms with Gasteiger partial charge in [-0.3, -0.25) is 4.79 Å². The average Bonchev–Trinajstić information content (AvgIpc) is 2.77. The van der Waals surface area contributed by atoms with E-state index in [4.69, 9.17) is 4.74 Å². The van der Waals surface area contributed by atoms with Gasteiger partial charge in [0.1, 0.15) is 5.75 Å². The minimum Gasteiger partial charge on any atom is -0.426 e. The van der Waals surface area contributed by atoms with Crippen LogP contribution in [-0.2, 0) is 4.79 Å². The first-order chi connectivity index (χ1) is 8.25. The Bertz CT molecular complexity index is 712. The van der Waals surface area contributed by atoms with E-state index >= 15 is 0 Å². The third kappa shape index (κ3) is 1.56. The van der Waals surface area contributed by atoms with Gasteiger partial charge in [0.2, 0.25) is 0 Å². The predicted molar refractivity (Wildman–Crippen MR) is 67.1 cm³/mol. The number of aromatic nitrogens is 1. The highest BCUT2D eigenvalue weighted by Gasteiger charge is 2.09. The second-order valence-electron chi connectivity index (χ2n) is 3.96. The first-order valence-corrected chi connectivity index (χ1v) is 5.43. The molecule has 0 spiro atoms. The summed E-state index contributed by atoms with van der Waals surface area (Å²) in [4.78, 5) is 14.3. The number of nitrogens with one attached hydrogen (secondary N) is 1. The van der Waals surface area contributed by atoms with Crippen LogP contribution in [0, 0.1) is 0 Å². The molecule has 3 nitrogen and oxygen atoms in total. The van der Waals surface area contributed by atoms with Gasteiger partial charge in [0, 0.05) is 29.3 Å². The average molecular weight is 225 g/mol. The van der Waals surface area contributed by atoms with Crippen molar-refractivity contribution in [2.45, 2.75) is 6.92 Å². The van der Waals surface area contributed by atoms with Gasteiger partial charge in [-0.15, -0.1) is 0 Å². The van der Waals surface area contributed by atoms with E-state index in [9.17, 15) is 4.79 Å². The van der Waals surface area contributed by atoms with Crippen molar-refractivity contribution in [3.8, 4) is 5.75 Å². The van der Waals surface area contributed by atoms with Crippen molar-refractivity contribution >= 4 is 27.6 Å². The predicted octanol–water partition coefficient (Wildman–Crippen LogP) is 3.25. The van der Waals surface area contributed by atoms with Crippen LogP contribution >= 0.6 is 0 Å². The van der Waals surface area contributed by atoms with Crippen molar-refractivity contribution in [1.82, 2.24) is 4.98 Å². The molecular formula is C14H11NO2. The molecule has 0 aliphatic rings. The van der Waals surface area contributed by atoms with Crippen LogP contribution in [0.15, 0.2) is 42.6 Å². The van der Waals surface area contributed by atoms with Crippen molar-refractivity contribution in [3.63, 3.8) is 0 Å². The fourth-order valence-corrected chi connectivity index (χ4v) is 2.11. The smallest absolute Gasteiger partial charge is 0.308 e. The Kier molecular flexibility index (Phi) is 2.11. The third-order valence-electron chi connectivity index (χ3n) is 2.78. The molecule has 3 aromatic rings. The number of esters is 1. The van der Waals surface area contributed by atoms with Crippen LogP contribution in [0.1, 0.15) is 6.92 Å². The highest BCUT2D eigenvalue weighted by Crippen LogP contribution is 2.32. The van der Waals surface area contributed by atoms with Gasteiger partial charge in [-0.1, -0.05) is 24.3 Å². The van der Waals surface area contributed by atoms with E-state index in [2.05, 4.69) is 4.98 Å². The highest BCUT2D eigenvalue weighted by atomic mass is 16.5. The van der Waals surface area contributed by atoms with Crippen molar-refractivity contribution < 1.29 is 9.53 Å². The molecule has 0 atom stereocenters. The molecule has 3 heteroatoms. The van der Waals surface area contributed by atoms with Crippen LogP contribution in [0.5, 0.6) is 5.75 Å². The molecule has 0 bridgehead atoms. The molecule has 17 heavy (non-hydrogen) atoms. The van der Waals surface area contributed by atoms with Crippen LogP contribution < -0.4 is 4.74 Å². The van der Waals surface area contributed by atoms with Gasteiger partial charge in [0.25, 0.3) is 0 Å². The molecule has 0 saturated heterocycles. The number of carbonyl (C=O) groups is 1. The zero-order chi connectivity index (χ0) is 11.8. The summed E-state index contributed by atoms with van der Waals surface area (Å²) in [5, 5.41) is 3.05. The zero-order valence-electron chi connectivity index (χ0n) is 9.36. The lowest BCUT2D eigenvalue weighted by molar-refractivity contribution is -0.131. The van der Waals surface area contributed by atoms with Gasteiger partial charge in [0.15, 0.2) is 0 Å². The van der Waals surface area contributed by atoms with E-state index in [-0.39, 0.29) is 5.97 Å². The minimum atomic E-state index is -0.301. The Morgan fingerprint density at radius 3 is 2.71 bits per heavy atom. The number of aromatic amines is 1. The van der Waals surface area contributed by atoms with Crippen molar-refractivity contribution in [3.05, 3.63) is 42.6 Å². The minimum absolute atomic E-state index is 0.301. The number of hydrogen-bond donors (Lipinski definition) is 1. The Hall–Kier alpha value is -2.29. The van der Waals surface area contributed by atoms with Gasteiger partial charge >= 0.3 is 5.97 Å². The summed E-state index contributed by atoms with van der Waals surface area (Å²) in [5.74, 6) is 0.310. The van der Waals surface area contributed by atoms with Gasteiger partial charge < -0.3 is 9.72 Å². The molecule has 84 valence electrons. The Morgan fingerprint density at radius 2 is 1.94 bits per heavy atom. The number of hydrogen-bond acceptors (Lipinski definition) is 2. The maximum absolute atomic E-state index is 11.1. The topological polar surface area (TPSA) is 42.1 Å². The van der Waals surface area contributed by atoms with E-state index in [1.165, 1.54) is 6.92 Å². The van der Waals surface area contributed by atoms with Crippen LogP contribution in [0.25, 0.3) is 21.7 Å². The molecule has 0 aliphatic carbocycles. The Labute approximate surface area is 98.0 Å². The first-order valence-electron chi connectivity index (χ1n) is 5.43. The molecule has 0 radical (unpaired) electrons. The van der Waals surface area contributed by atoms with Crippen molar-refractivity contribution in [2.75, 3.05) is 0 Å². The molecule has 2 aromatic carbocycles. The number of benzene rings is 2. The van der Waals surface area contributed by atoms with Crippen LogP contribution in [-0.4, -0.2) is 11.0 Å². The molecule has 0 unspecified atom stereocenters. The molecule has 0 amide bonds. The summed E-state index contributed by atoms with van der Waals surface area (Å²) in [6.07, 6.45) is 1.88. The van der Waals surface area contributed by atoms with Crippen LogP contribution in [0.2, 0.25) is 0 Å². The quantitative estimate of drug-likeness (QED) is 0.510. The van der Waals surface area contributed by atoms with E-state index in [0.717, 1.165) is 21.7 Å². The van der Waals surface area contributed by atoms with Gasteiger partial charge in [-0.05, 0) is 12.1 Å². The first kappa shape index (κ1) is 9.90. The molecule has 3 rings (SSSR count). The largest absolute Gasteiger partial charge is 0.426 e. The summed E-state index contributed by atoms with van der Waals surface area (Å²) in [6, 6.07) is 11.7. The van der Waals surface area contributed by atoms with Crippen molar-refractivity contribution in [2.24, 2.45) is 0 Å². The van der Waals surface area contributed by atoms with Crippen LogP contribution in [0.4, 0.5) is 0 Å². The lowest BCUT2D eigenvalue weighted by Crippen LogP contribution is -2.01. The fraction of sp³-hybridized carbons (Fsp3) is 0.0714. The van der Waals surface area contributed by atoms with Gasteiger partial charge in [0.05, 0.1) is 5.52 Å². The molecule has 1 heterocycles. The lowest BCUT2D eigenvalue weighted by atomic mass is 10.1. The SMILES string of the molecule is CC(=O)Oc1cc2cc[nH]c2c2ccccc12. The molecule has 0 fully saturated rings. The molecule has 1 aromatic heterocycles. The summed E-state index contributed by atoms with van der Waals surface area (Å²) in [6.45, 7) is 1.41. The van der Waals surface area contributed by atoms with E-state index < -0.39 is 0 Å². The maximum Gasteiger partial charge on any atom is 0.308 e. The fourth-order valence-electron chi connectivity index (χ4n) is 2.11. The molecule has 0 aliphatic heterocycles. The standard InChI is InChI=1S/C14H11NO2/c1-9(16)17-13-8-10-6-7-15-14(10)12-5-3-2-4-11(12)13/h2-8,15H,1H3. The van der Waals surface area contributed by atoms with E-state index in [1.807, 2.05) is 42.6 Å². The second-order valence-corrected chi connectivity index (χ2v) is 3.96. The van der Waals surface area contributed by atoms with Crippen molar-refractivity contribution in [1.29, 1.82) is 0 Å². The normalized spacial score (nSPS) is 10.9. The highest BCUT2D eigenvalue weighted by molar-refractivity contribution is 6.09. The Balaban J connectivity index is 2.41. The maximum atomic E-state index is 11.1. The number of rotatable bonds is 1. The van der Waals surface area contributed by atoms with Crippen LogP contribution in [0.3, 0.4) is 0 Å². The summed E-state index contributed by atoms with van der Waals surface area (Å²) in [7, 11) is 0. The van der Waals surface area contributed by atoms with E-state index in [0.29, 0.717) is 5.75 Å². The molecule has 1 N–H and O–H groups in total. The molecular weight excluding hydrogens is 214 g/mol. The summed E-state index contributed by atoms with van der Waals surface area (Å²) >= 11 is 0. The molecule has 0 saturated carbocycles. The monoisotopic (exact) mass is 225 g/mol. The summed E-state index contributed by atoms with van der Waals surface area (Å²) in [5.41, 5.74) is 1.07. The lowest BCUT2D eigenvalue weighted by Gasteiger charge is -2.07.